The van der Waals surface area contributed by atoms with Gasteiger partial charge in [0.25, 0.3) is 5.56 Å². The fraction of sp³-hybridized carbons (Fsp3) is 0.542. The zero-order valence-corrected chi connectivity index (χ0v) is 22.9. The summed E-state index contributed by atoms with van der Waals surface area (Å²) in [5.41, 5.74) is -6.92. The van der Waals surface area contributed by atoms with Gasteiger partial charge in [-0.3, -0.25) is 23.7 Å². The van der Waals surface area contributed by atoms with Gasteiger partial charge in [-0.1, -0.05) is 18.2 Å². The molecule has 3 N–H and O–H groups in total. The van der Waals surface area contributed by atoms with Crippen molar-refractivity contribution in [1.29, 1.82) is 0 Å². The van der Waals surface area contributed by atoms with Gasteiger partial charge in [0.15, 0.2) is 6.23 Å². The molecule has 0 amide bonds. The van der Waals surface area contributed by atoms with E-state index < -0.39 is 73.5 Å². The van der Waals surface area contributed by atoms with Crippen molar-refractivity contribution >= 4 is 13.7 Å². The molecule has 1 aromatic carbocycles. The average molecular weight is 576 g/mol. The van der Waals surface area contributed by atoms with Gasteiger partial charge in [-0.2, -0.15) is 5.09 Å². The summed E-state index contributed by atoms with van der Waals surface area (Å²) in [5.74, 6) is -0.680. The van der Waals surface area contributed by atoms with Gasteiger partial charge < -0.3 is 19.1 Å². The van der Waals surface area contributed by atoms with E-state index in [9.17, 15) is 28.4 Å². The summed E-state index contributed by atoms with van der Waals surface area (Å²) in [6.07, 6.45) is -5.53. The molecule has 0 bridgehead atoms. The number of aromatic nitrogens is 2. The van der Waals surface area contributed by atoms with Crippen molar-refractivity contribution in [3.05, 3.63) is 63.4 Å². The molecule has 2 aromatic rings. The minimum absolute atomic E-state index is 0.0858. The number of carbonyl (C=O) groups is 1. The molecular weight excluding hydrogens is 543 g/mol. The van der Waals surface area contributed by atoms with Crippen LogP contribution in [-0.2, 0) is 23.4 Å². The number of hydrogen-bond acceptors (Lipinski definition) is 9. The molecule has 2 heterocycles. The summed E-state index contributed by atoms with van der Waals surface area (Å²) < 4.78 is 66.5. The second-order valence-electron chi connectivity index (χ2n) is 9.86. The molecule has 0 aliphatic carbocycles. The van der Waals surface area contributed by atoms with Crippen LogP contribution in [0.2, 0.25) is 0 Å². The lowest BCUT2D eigenvalue weighted by atomic mass is 9.89. The first kappa shape index (κ1) is 30.6. The Bertz CT molecular complexity index is 1320. The number of nitrogens with zero attached hydrogens (tertiary/aromatic N) is 1. The van der Waals surface area contributed by atoms with E-state index in [1.165, 1.54) is 32.9 Å². The van der Waals surface area contributed by atoms with Crippen LogP contribution in [-0.4, -0.2) is 62.9 Å². The maximum atomic E-state index is 15.8. The smallest absolute Gasteiger partial charge is 0.460 e. The number of aromatic amines is 1. The topological polar surface area (TPSA) is 158 Å². The van der Waals surface area contributed by atoms with Crippen molar-refractivity contribution in [3.63, 3.8) is 0 Å². The van der Waals surface area contributed by atoms with E-state index in [1.54, 1.807) is 32.0 Å². The molecule has 0 spiro atoms. The minimum atomic E-state index is -4.53. The van der Waals surface area contributed by atoms with Crippen LogP contribution >= 0.6 is 7.75 Å². The molecule has 1 unspecified atom stereocenters. The van der Waals surface area contributed by atoms with Gasteiger partial charge in [-0.25, -0.2) is 18.1 Å². The highest BCUT2D eigenvalue weighted by atomic mass is 31.2. The highest BCUT2D eigenvalue weighted by Gasteiger charge is 2.63. The summed E-state index contributed by atoms with van der Waals surface area (Å²) in [6, 6.07) is 7.50. The number of esters is 1. The number of benzene rings is 1. The van der Waals surface area contributed by atoms with Crippen molar-refractivity contribution in [3.8, 4) is 5.75 Å². The van der Waals surface area contributed by atoms with Gasteiger partial charge in [-0.15, -0.1) is 0 Å². The first-order valence-corrected chi connectivity index (χ1v) is 13.6. The van der Waals surface area contributed by atoms with Gasteiger partial charge in [-0.05, 0) is 46.8 Å². The fourth-order valence-electron chi connectivity index (χ4n) is 4.00. The second kappa shape index (κ2) is 11.7. The monoisotopic (exact) mass is 575 g/mol. The Hall–Kier alpha value is -2.90. The number of halogens is 2. The first-order chi connectivity index (χ1) is 18.1. The molecule has 216 valence electrons. The summed E-state index contributed by atoms with van der Waals surface area (Å²) >= 11 is 0. The Morgan fingerprint density at radius 3 is 2.46 bits per heavy atom. The lowest BCUT2D eigenvalue weighted by Gasteiger charge is -2.36. The maximum absolute atomic E-state index is 15.8. The fourth-order valence-corrected chi connectivity index (χ4v) is 5.84. The number of carbonyl (C=O) groups excluding carboxylic acids is 1. The predicted octanol–water partition coefficient (Wildman–Crippen LogP) is 2.38. The minimum Gasteiger partial charge on any atom is -0.462 e. The number of alkyl halides is 2. The van der Waals surface area contributed by atoms with Crippen LogP contribution in [0.4, 0.5) is 8.78 Å². The first-order valence-electron chi connectivity index (χ1n) is 12.1. The van der Waals surface area contributed by atoms with Gasteiger partial charge in [0.1, 0.15) is 36.3 Å². The number of hydrogen-bond donors (Lipinski definition) is 3. The molecule has 6 atom stereocenters. The van der Waals surface area contributed by atoms with E-state index in [0.717, 1.165) is 12.3 Å². The number of ether oxygens (including phenoxy) is 2. The molecule has 3 rings (SSSR count). The molecule has 1 aliphatic heterocycles. The summed E-state index contributed by atoms with van der Waals surface area (Å²) in [4.78, 5) is 38.1. The number of rotatable bonds is 11. The van der Waals surface area contributed by atoms with Crippen molar-refractivity contribution in [1.82, 2.24) is 14.6 Å². The lowest BCUT2D eigenvalue weighted by Crippen LogP contribution is -2.52. The molecule has 12 nitrogen and oxygen atoms in total. The molecule has 1 aromatic heterocycles. The third-order valence-corrected chi connectivity index (χ3v) is 7.71. The van der Waals surface area contributed by atoms with Crippen LogP contribution in [0.3, 0.4) is 0 Å². The van der Waals surface area contributed by atoms with Gasteiger partial charge >= 0.3 is 19.4 Å². The van der Waals surface area contributed by atoms with E-state index >= 15 is 4.39 Å². The van der Waals surface area contributed by atoms with Gasteiger partial charge in [0.2, 0.25) is 5.67 Å². The molecular formula is C24H32F2N3O9P. The van der Waals surface area contributed by atoms with Gasteiger partial charge in [0, 0.05) is 12.3 Å². The Labute approximate surface area is 222 Å². The van der Waals surface area contributed by atoms with E-state index in [1.807, 2.05) is 4.98 Å². The van der Waals surface area contributed by atoms with E-state index in [2.05, 4.69) is 5.09 Å². The molecule has 39 heavy (non-hydrogen) atoms. The van der Waals surface area contributed by atoms with E-state index in [0.29, 0.717) is 4.57 Å². The van der Waals surface area contributed by atoms with Crippen LogP contribution < -0.4 is 20.9 Å². The molecule has 15 heteroatoms. The normalized spacial score (nSPS) is 25.7. The van der Waals surface area contributed by atoms with Gasteiger partial charge in [0.05, 0.1) is 6.10 Å². The Kier molecular flexibility index (Phi) is 9.18. The van der Waals surface area contributed by atoms with E-state index in [4.69, 9.17) is 18.5 Å². The molecule has 0 saturated carbocycles. The number of para-hydroxylation sites is 1. The number of aliphatic hydroxyl groups excluding tert-OH is 1. The zero-order valence-electron chi connectivity index (χ0n) is 22.0. The van der Waals surface area contributed by atoms with Crippen LogP contribution in [0, 0.1) is 0 Å². The van der Waals surface area contributed by atoms with Crippen molar-refractivity contribution in [2.24, 2.45) is 0 Å². The Morgan fingerprint density at radius 2 is 1.90 bits per heavy atom. The van der Waals surface area contributed by atoms with Crippen molar-refractivity contribution < 1.29 is 41.8 Å². The third kappa shape index (κ3) is 6.82. The van der Waals surface area contributed by atoms with Crippen LogP contribution in [0.5, 0.6) is 5.75 Å². The summed E-state index contributed by atoms with van der Waals surface area (Å²) in [5, 5.41) is 13.3. The molecule has 1 fully saturated rings. The quantitative estimate of drug-likeness (QED) is 0.268. The lowest BCUT2D eigenvalue weighted by molar-refractivity contribution is -0.149. The zero-order chi connectivity index (χ0) is 29.2. The second-order valence-corrected chi connectivity index (χ2v) is 11.5. The summed E-state index contributed by atoms with van der Waals surface area (Å²) in [7, 11) is -4.53. The Morgan fingerprint density at radius 1 is 1.26 bits per heavy atom. The van der Waals surface area contributed by atoms with Crippen LogP contribution in [0.25, 0.3) is 0 Å². The molecule has 1 aliphatic rings. The van der Waals surface area contributed by atoms with E-state index in [-0.39, 0.29) is 5.75 Å². The molecule has 1 saturated heterocycles. The van der Waals surface area contributed by atoms with Crippen LogP contribution in [0.1, 0.15) is 40.8 Å². The summed E-state index contributed by atoms with van der Waals surface area (Å²) in [6.45, 7) is 5.39. The largest absolute Gasteiger partial charge is 0.462 e. The predicted molar refractivity (Wildman–Crippen MR) is 135 cm³/mol. The average Bonchev–Trinajstić information content (AvgIpc) is 3.10. The number of H-pyrrole nitrogens is 1. The number of aliphatic hydroxyl groups is 1. The highest BCUT2D eigenvalue weighted by molar-refractivity contribution is 7.52. The highest BCUT2D eigenvalue weighted by Crippen LogP contribution is 2.53. The van der Waals surface area contributed by atoms with Crippen LogP contribution in [0.15, 0.2) is 52.2 Å². The molecule has 0 radical (unpaired) electrons. The Balaban J connectivity index is 1.96. The number of nitrogens with one attached hydrogen (secondary N) is 2. The standard InChI is InChI=1S/C24H32F2N3O9P/c1-14(2)35-20(32)15(3)28-39(34,37-16-9-7-6-8-10-16)38-23(4,5)19-18(31)24(26,13-25)21(36-19)29-12-11-17(30)27-22(29)33/h6-12,14-15,18-19,21,31H,13H2,1-5H3,(H,28,34)(H,27,30,33)/t15-,18?,19-,21+,24+,39-/m0/s1. The SMILES string of the molecule is CC(C)OC(=O)[C@H](C)N[P@](=O)(Oc1ccccc1)OC(C)(C)[C@H]1O[C@@H](n2ccc(=O)[nH]c2=O)[C@@](F)(CF)C1O. The maximum Gasteiger partial charge on any atom is 0.460 e. The third-order valence-electron chi connectivity index (χ3n) is 5.84. The van der Waals surface area contributed by atoms with Crippen molar-refractivity contribution in [2.45, 2.75) is 76.5 Å². The van der Waals surface area contributed by atoms with Crippen molar-refractivity contribution in [2.75, 3.05) is 6.67 Å².